The highest BCUT2D eigenvalue weighted by molar-refractivity contribution is 6.02. The zero-order valence-corrected chi connectivity index (χ0v) is 20.8. The predicted molar refractivity (Wildman–Crippen MR) is 145 cm³/mol. The molecule has 0 spiro atoms. The number of benzene rings is 3. The largest absolute Gasteiger partial charge is 0.366 e. The molecule has 1 heterocycles. The molecule has 35 heavy (non-hydrogen) atoms. The van der Waals surface area contributed by atoms with Crippen LogP contribution in [0, 0.1) is 6.92 Å². The second-order valence-corrected chi connectivity index (χ2v) is 9.67. The minimum atomic E-state index is -0.341. The Hall–Kier alpha value is -3.59. The van der Waals surface area contributed by atoms with Gasteiger partial charge in [-0.3, -0.25) is 4.79 Å². The molecule has 1 amide bonds. The Morgan fingerprint density at radius 1 is 0.886 bits per heavy atom. The topological polar surface area (TPSA) is 48.0 Å². The van der Waals surface area contributed by atoms with E-state index in [4.69, 9.17) is 5.73 Å². The van der Waals surface area contributed by atoms with E-state index in [-0.39, 0.29) is 11.9 Å². The third-order valence-corrected chi connectivity index (χ3v) is 7.51. The number of primary amides is 1. The molecule has 3 nitrogen and oxygen atoms in total. The first-order valence-corrected chi connectivity index (χ1v) is 12.9. The van der Waals surface area contributed by atoms with Crippen molar-refractivity contribution < 1.29 is 4.79 Å². The lowest BCUT2D eigenvalue weighted by molar-refractivity contribution is 0.1000. The molecule has 0 bridgehead atoms. The van der Waals surface area contributed by atoms with Crippen molar-refractivity contribution in [3.05, 3.63) is 107 Å². The van der Waals surface area contributed by atoms with E-state index in [0.717, 1.165) is 48.9 Å². The first-order chi connectivity index (χ1) is 17.1. The second-order valence-electron chi connectivity index (χ2n) is 9.67. The molecule has 4 aromatic rings. The zero-order chi connectivity index (χ0) is 24.4. The molecule has 0 saturated carbocycles. The Morgan fingerprint density at radius 3 is 2.26 bits per heavy atom. The van der Waals surface area contributed by atoms with Crippen molar-refractivity contribution >= 4 is 5.91 Å². The zero-order valence-electron chi connectivity index (χ0n) is 20.8. The van der Waals surface area contributed by atoms with E-state index in [1.807, 2.05) is 6.07 Å². The summed E-state index contributed by atoms with van der Waals surface area (Å²) in [4.78, 5) is 12.9. The molecule has 1 unspecified atom stereocenters. The first kappa shape index (κ1) is 23.2. The fourth-order valence-corrected chi connectivity index (χ4v) is 5.85. The number of carbonyl (C=O) groups excluding carboxylic acids is 1. The molecule has 0 radical (unpaired) electrons. The lowest BCUT2D eigenvalue weighted by Gasteiger charge is -2.21. The normalized spacial score (nSPS) is 14.7. The van der Waals surface area contributed by atoms with Gasteiger partial charge < -0.3 is 10.3 Å². The molecular formula is C32H34N2O. The molecule has 0 saturated heterocycles. The van der Waals surface area contributed by atoms with Crippen molar-refractivity contribution in [1.82, 2.24) is 4.57 Å². The van der Waals surface area contributed by atoms with Crippen LogP contribution in [-0.4, -0.2) is 10.5 Å². The van der Waals surface area contributed by atoms with Gasteiger partial charge in [0.15, 0.2) is 0 Å². The van der Waals surface area contributed by atoms with Gasteiger partial charge in [0.2, 0.25) is 0 Å². The average molecular weight is 463 g/mol. The van der Waals surface area contributed by atoms with Gasteiger partial charge in [-0.25, -0.2) is 0 Å². The summed E-state index contributed by atoms with van der Waals surface area (Å²) in [6.07, 6.45) is 6.50. The highest BCUT2D eigenvalue weighted by Crippen LogP contribution is 2.42. The number of hydrogen-bond acceptors (Lipinski definition) is 1. The number of nitrogens with two attached hydrogens (primary N) is 1. The van der Waals surface area contributed by atoms with Gasteiger partial charge in [-0.2, -0.15) is 0 Å². The summed E-state index contributed by atoms with van der Waals surface area (Å²) in [5, 5.41) is 0. The van der Waals surface area contributed by atoms with Gasteiger partial charge in [0, 0.05) is 17.0 Å². The summed E-state index contributed by atoms with van der Waals surface area (Å²) in [5.41, 5.74) is 16.2. The van der Waals surface area contributed by atoms with E-state index < -0.39 is 0 Å². The van der Waals surface area contributed by atoms with Gasteiger partial charge in [-0.05, 0) is 60.4 Å². The summed E-state index contributed by atoms with van der Waals surface area (Å²) in [5.74, 6) is -0.341. The van der Waals surface area contributed by atoms with Crippen molar-refractivity contribution in [2.24, 2.45) is 5.73 Å². The molecule has 0 aliphatic heterocycles. The van der Waals surface area contributed by atoms with Crippen LogP contribution in [-0.2, 0) is 12.8 Å². The molecule has 1 aliphatic rings. The Bertz CT molecular complexity index is 1330. The lowest BCUT2D eigenvalue weighted by Crippen LogP contribution is -2.15. The lowest BCUT2D eigenvalue weighted by atomic mass is 9.95. The molecular weight excluding hydrogens is 428 g/mol. The quantitative estimate of drug-likeness (QED) is 0.271. The molecule has 2 N–H and O–H groups in total. The maximum absolute atomic E-state index is 12.9. The predicted octanol–water partition coefficient (Wildman–Crippen LogP) is 7.50. The summed E-state index contributed by atoms with van der Waals surface area (Å²) in [6, 6.07) is 28.0. The number of amides is 1. The number of unbranched alkanes of at least 4 members (excludes halogenated alkanes) is 2. The number of aryl methyl sites for hydroxylation is 1. The van der Waals surface area contributed by atoms with Gasteiger partial charge >= 0.3 is 0 Å². The Kier molecular flexibility index (Phi) is 6.59. The van der Waals surface area contributed by atoms with E-state index in [1.54, 1.807) is 0 Å². The minimum absolute atomic E-state index is 0.248. The van der Waals surface area contributed by atoms with Crippen LogP contribution in [0.3, 0.4) is 0 Å². The first-order valence-electron chi connectivity index (χ1n) is 12.9. The van der Waals surface area contributed by atoms with Crippen LogP contribution >= 0.6 is 0 Å². The molecule has 1 aliphatic carbocycles. The standard InChI is InChI=1S/C32H34N2O/c1-3-4-6-15-29-31(26-18-16-24(17-19-26)23-11-7-5-8-12-23)30(32(33)35)22(2)34(29)28-21-20-25-13-9-10-14-27(25)28/h5,7-14,16-19,28H,3-4,6,15,20-21H2,1-2H3,(H2,33,35). The molecule has 3 aromatic carbocycles. The summed E-state index contributed by atoms with van der Waals surface area (Å²) in [7, 11) is 0. The van der Waals surface area contributed by atoms with Crippen LogP contribution < -0.4 is 5.73 Å². The number of aromatic nitrogens is 1. The van der Waals surface area contributed by atoms with Crippen molar-refractivity contribution in [2.45, 2.75) is 58.4 Å². The van der Waals surface area contributed by atoms with Gasteiger partial charge in [-0.1, -0.05) is 98.6 Å². The highest BCUT2D eigenvalue weighted by Gasteiger charge is 2.31. The van der Waals surface area contributed by atoms with Crippen LogP contribution in [0.25, 0.3) is 22.3 Å². The highest BCUT2D eigenvalue weighted by atomic mass is 16.1. The molecule has 1 atom stereocenters. The van der Waals surface area contributed by atoms with Gasteiger partial charge in [0.25, 0.3) is 5.91 Å². The smallest absolute Gasteiger partial charge is 0.251 e. The summed E-state index contributed by atoms with van der Waals surface area (Å²) in [6.45, 7) is 4.31. The number of hydrogen-bond donors (Lipinski definition) is 1. The Labute approximate surface area is 208 Å². The molecule has 0 fully saturated rings. The van der Waals surface area contributed by atoms with Crippen LogP contribution in [0.5, 0.6) is 0 Å². The maximum Gasteiger partial charge on any atom is 0.251 e. The van der Waals surface area contributed by atoms with Crippen LogP contribution in [0.15, 0.2) is 78.9 Å². The van der Waals surface area contributed by atoms with Crippen molar-refractivity contribution in [3.63, 3.8) is 0 Å². The molecule has 1 aromatic heterocycles. The minimum Gasteiger partial charge on any atom is -0.366 e. The fourth-order valence-electron chi connectivity index (χ4n) is 5.85. The number of fused-ring (bicyclic) bond motifs is 1. The van der Waals surface area contributed by atoms with Crippen molar-refractivity contribution in [3.8, 4) is 22.3 Å². The fraction of sp³-hybridized carbons (Fsp3) is 0.281. The Balaban J connectivity index is 1.66. The van der Waals surface area contributed by atoms with Crippen LogP contribution in [0.2, 0.25) is 0 Å². The SMILES string of the molecule is CCCCCc1c(-c2ccc(-c3ccccc3)cc2)c(C(N)=O)c(C)n1C1CCc2ccccc21. The van der Waals surface area contributed by atoms with Gasteiger partial charge in [-0.15, -0.1) is 0 Å². The van der Waals surface area contributed by atoms with Crippen molar-refractivity contribution in [2.75, 3.05) is 0 Å². The van der Waals surface area contributed by atoms with Crippen LogP contribution in [0.1, 0.15) is 71.5 Å². The Morgan fingerprint density at radius 2 is 1.54 bits per heavy atom. The van der Waals surface area contributed by atoms with Gasteiger partial charge in [0.1, 0.15) is 0 Å². The molecule has 3 heteroatoms. The number of rotatable bonds is 8. The number of carbonyl (C=O) groups is 1. The number of nitrogens with zero attached hydrogens (tertiary/aromatic N) is 1. The van der Waals surface area contributed by atoms with E-state index in [1.165, 1.54) is 34.4 Å². The molecule has 5 rings (SSSR count). The van der Waals surface area contributed by atoms with Gasteiger partial charge in [0.05, 0.1) is 11.6 Å². The van der Waals surface area contributed by atoms with Crippen LogP contribution in [0.4, 0.5) is 0 Å². The summed E-state index contributed by atoms with van der Waals surface area (Å²) < 4.78 is 2.45. The van der Waals surface area contributed by atoms with E-state index >= 15 is 0 Å². The third kappa shape index (κ3) is 4.32. The van der Waals surface area contributed by atoms with E-state index in [9.17, 15) is 4.79 Å². The monoisotopic (exact) mass is 462 g/mol. The molecule has 178 valence electrons. The third-order valence-electron chi connectivity index (χ3n) is 7.51. The van der Waals surface area contributed by atoms with Crippen molar-refractivity contribution in [1.29, 1.82) is 0 Å². The van der Waals surface area contributed by atoms with E-state index in [0.29, 0.717) is 5.56 Å². The van der Waals surface area contributed by atoms with E-state index in [2.05, 4.69) is 91.2 Å². The summed E-state index contributed by atoms with van der Waals surface area (Å²) >= 11 is 0. The average Bonchev–Trinajstić information content (AvgIpc) is 3.43. The second kappa shape index (κ2) is 9.95. The maximum atomic E-state index is 12.9.